The topological polar surface area (TPSA) is 101 Å². The van der Waals surface area contributed by atoms with Crippen LogP contribution in [0, 0.1) is 5.82 Å². The molecule has 0 heterocycles. The van der Waals surface area contributed by atoms with E-state index in [1.807, 2.05) is 0 Å². The van der Waals surface area contributed by atoms with Crippen molar-refractivity contribution >= 4 is 43.4 Å². The van der Waals surface area contributed by atoms with E-state index in [9.17, 15) is 27.5 Å². The van der Waals surface area contributed by atoms with Crippen molar-refractivity contribution in [1.82, 2.24) is 0 Å². The summed E-state index contributed by atoms with van der Waals surface area (Å²) in [5.41, 5.74) is 0.180. The third kappa shape index (κ3) is 2.84. The monoisotopic (exact) mass is 467 g/mol. The molecule has 1 spiro atoms. The van der Waals surface area contributed by atoms with Crippen molar-refractivity contribution < 1.29 is 27.5 Å². The van der Waals surface area contributed by atoms with Gasteiger partial charge in [-0.2, -0.15) is 0 Å². The molecule has 0 aromatic heterocycles. The van der Waals surface area contributed by atoms with Crippen LogP contribution in [0.5, 0.6) is 0 Å². The summed E-state index contributed by atoms with van der Waals surface area (Å²) < 4.78 is 42.1. The summed E-state index contributed by atoms with van der Waals surface area (Å²) >= 11 is 3.07. The van der Waals surface area contributed by atoms with Gasteiger partial charge in [0, 0.05) is 10.9 Å². The lowest BCUT2D eigenvalue weighted by molar-refractivity contribution is -0.125. The predicted molar refractivity (Wildman–Crippen MR) is 103 cm³/mol. The first-order valence-electron chi connectivity index (χ1n) is 8.56. The summed E-state index contributed by atoms with van der Waals surface area (Å²) in [6, 6.07) is 6.23. The van der Waals surface area contributed by atoms with E-state index in [4.69, 9.17) is 0 Å². The standard InChI is InChI=1S/C19H15BrFNO5S/c20-10-2-3-16(15(21)6-10)28(26,27)22-11-7-13(18(24)25)12-9-17(23)19(4-1-5-19)14(12)8-11/h2-3,6-8,22H,1,4-5,9H2,(H,24,25). The van der Waals surface area contributed by atoms with Gasteiger partial charge in [-0.15, -0.1) is 0 Å². The number of sulfonamides is 1. The van der Waals surface area contributed by atoms with Crippen LogP contribution >= 0.6 is 15.9 Å². The number of carboxylic acids is 1. The molecular formula is C19H15BrFNO5S. The van der Waals surface area contributed by atoms with E-state index >= 15 is 0 Å². The maximum atomic E-state index is 14.1. The number of halogens is 2. The normalized spacial score (nSPS) is 17.3. The SMILES string of the molecule is O=C(O)c1cc(NS(=O)(=O)c2ccc(Br)cc2F)cc2c1CC(=O)C21CCC1. The number of benzene rings is 2. The van der Waals surface area contributed by atoms with Crippen molar-refractivity contribution in [2.75, 3.05) is 4.72 Å². The molecule has 2 aromatic rings. The second-order valence-electron chi connectivity index (χ2n) is 7.07. The van der Waals surface area contributed by atoms with Gasteiger partial charge in [0.2, 0.25) is 0 Å². The third-order valence-electron chi connectivity index (χ3n) is 5.51. The van der Waals surface area contributed by atoms with E-state index in [0.717, 1.165) is 18.6 Å². The Balaban J connectivity index is 1.80. The zero-order valence-electron chi connectivity index (χ0n) is 14.5. The van der Waals surface area contributed by atoms with Gasteiger partial charge in [0.25, 0.3) is 10.0 Å². The number of anilines is 1. The second-order valence-corrected chi connectivity index (χ2v) is 9.64. The minimum Gasteiger partial charge on any atom is -0.478 e. The first-order chi connectivity index (χ1) is 13.1. The van der Waals surface area contributed by atoms with Crippen LogP contribution in [0.3, 0.4) is 0 Å². The van der Waals surface area contributed by atoms with Crippen molar-refractivity contribution in [2.24, 2.45) is 0 Å². The zero-order chi connectivity index (χ0) is 20.3. The van der Waals surface area contributed by atoms with Crippen molar-refractivity contribution in [3.8, 4) is 0 Å². The first-order valence-corrected chi connectivity index (χ1v) is 10.8. The fraction of sp³-hybridized carbons (Fsp3) is 0.263. The molecule has 0 unspecified atom stereocenters. The van der Waals surface area contributed by atoms with Crippen LogP contribution in [-0.2, 0) is 26.7 Å². The molecule has 2 aromatic carbocycles. The molecule has 2 aliphatic rings. The smallest absolute Gasteiger partial charge is 0.336 e. The van der Waals surface area contributed by atoms with Crippen LogP contribution in [0.25, 0.3) is 0 Å². The molecule has 9 heteroatoms. The summed E-state index contributed by atoms with van der Waals surface area (Å²) in [4.78, 5) is 23.7. The highest BCUT2D eigenvalue weighted by atomic mass is 79.9. The van der Waals surface area contributed by atoms with Crippen LogP contribution in [0.4, 0.5) is 10.1 Å². The Morgan fingerprint density at radius 3 is 2.50 bits per heavy atom. The molecule has 2 N–H and O–H groups in total. The molecular weight excluding hydrogens is 453 g/mol. The molecule has 0 saturated heterocycles. The fourth-order valence-corrected chi connectivity index (χ4v) is 5.43. The number of ketones is 1. The molecule has 28 heavy (non-hydrogen) atoms. The van der Waals surface area contributed by atoms with E-state index in [-0.39, 0.29) is 23.5 Å². The molecule has 6 nitrogen and oxygen atoms in total. The van der Waals surface area contributed by atoms with Gasteiger partial charge in [-0.25, -0.2) is 17.6 Å². The van der Waals surface area contributed by atoms with Gasteiger partial charge in [0.1, 0.15) is 16.5 Å². The summed E-state index contributed by atoms with van der Waals surface area (Å²) in [6.07, 6.45) is 2.13. The minimum absolute atomic E-state index is 0.000515. The number of aromatic carboxylic acids is 1. The van der Waals surface area contributed by atoms with Crippen molar-refractivity contribution in [3.63, 3.8) is 0 Å². The Morgan fingerprint density at radius 2 is 1.93 bits per heavy atom. The number of carbonyl (C=O) groups excluding carboxylic acids is 1. The highest BCUT2D eigenvalue weighted by Crippen LogP contribution is 2.51. The van der Waals surface area contributed by atoms with Crippen LogP contribution in [-0.4, -0.2) is 25.3 Å². The minimum atomic E-state index is -4.28. The number of nitrogens with one attached hydrogen (secondary N) is 1. The fourth-order valence-electron chi connectivity index (χ4n) is 4.00. The quantitative estimate of drug-likeness (QED) is 0.714. The lowest BCUT2D eigenvalue weighted by Gasteiger charge is -2.37. The van der Waals surface area contributed by atoms with Crippen molar-refractivity contribution in [2.45, 2.75) is 36.0 Å². The van der Waals surface area contributed by atoms with Crippen LogP contribution < -0.4 is 4.72 Å². The lowest BCUT2D eigenvalue weighted by Crippen LogP contribution is -2.39. The van der Waals surface area contributed by atoms with Crippen molar-refractivity contribution in [1.29, 1.82) is 0 Å². The largest absolute Gasteiger partial charge is 0.478 e. The number of fused-ring (bicyclic) bond motifs is 2. The Morgan fingerprint density at radius 1 is 1.21 bits per heavy atom. The third-order valence-corrected chi connectivity index (χ3v) is 7.42. The highest BCUT2D eigenvalue weighted by molar-refractivity contribution is 9.10. The van der Waals surface area contributed by atoms with E-state index in [0.29, 0.717) is 28.4 Å². The van der Waals surface area contributed by atoms with Crippen LogP contribution in [0.2, 0.25) is 0 Å². The van der Waals surface area contributed by atoms with Gasteiger partial charge in [-0.05, 0) is 54.3 Å². The molecule has 146 valence electrons. The Hall–Kier alpha value is -2.26. The summed E-state index contributed by atoms with van der Waals surface area (Å²) in [5.74, 6) is -2.21. The molecule has 4 rings (SSSR count). The summed E-state index contributed by atoms with van der Waals surface area (Å²) in [6.45, 7) is 0. The van der Waals surface area contributed by atoms with Gasteiger partial charge < -0.3 is 5.11 Å². The average Bonchev–Trinajstić information content (AvgIpc) is 2.84. The van der Waals surface area contributed by atoms with E-state index < -0.39 is 32.1 Å². The van der Waals surface area contributed by atoms with Crippen LogP contribution in [0.15, 0.2) is 39.7 Å². The molecule has 1 fully saturated rings. The summed E-state index contributed by atoms with van der Waals surface area (Å²) in [5, 5.41) is 9.56. The molecule has 0 radical (unpaired) electrons. The summed E-state index contributed by atoms with van der Waals surface area (Å²) in [7, 11) is -4.28. The van der Waals surface area contributed by atoms with Crippen LogP contribution in [0.1, 0.15) is 40.7 Å². The average molecular weight is 468 g/mol. The maximum absolute atomic E-state index is 14.1. The molecule has 0 bridgehead atoms. The van der Waals surface area contributed by atoms with Gasteiger partial charge in [0.15, 0.2) is 0 Å². The number of Topliss-reactive ketones (excluding diaryl/α,β-unsaturated/α-hetero) is 1. The number of hydrogen-bond acceptors (Lipinski definition) is 4. The van der Waals surface area contributed by atoms with Gasteiger partial charge >= 0.3 is 5.97 Å². The maximum Gasteiger partial charge on any atom is 0.336 e. The number of hydrogen-bond donors (Lipinski definition) is 2. The molecule has 1 saturated carbocycles. The number of carbonyl (C=O) groups is 2. The van der Waals surface area contributed by atoms with Crippen molar-refractivity contribution in [3.05, 3.63) is 57.3 Å². The Bertz CT molecular complexity index is 1140. The molecule has 2 aliphatic carbocycles. The Kier molecular flexibility index (Phi) is 4.35. The Labute approximate surface area is 168 Å². The van der Waals surface area contributed by atoms with Gasteiger partial charge in [-0.3, -0.25) is 9.52 Å². The lowest BCUT2D eigenvalue weighted by atomic mass is 9.64. The predicted octanol–water partition coefficient (Wildman–Crippen LogP) is 3.63. The number of rotatable bonds is 4. The highest BCUT2D eigenvalue weighted by Gasteiger charge is 2.51. The van der Waals surface area contributed by atoms with E-state index in [1.165, 1.54) is 18.2 Å². The van der Waals surface area contributed by atoms with Gasteiger partial charge in [0.05, 0.1) is 16.7 Å². The van der Waals surface area contributed by atoms with E-state index in [1.54, 1.807) is 0 Å². The molecule has 0 amide bonds. The van der Waals surface area contributed by atoms with E-state index in [2.05, 4.69) is 20.7 Å². The molecule has 0 atom stereocenters. The first kappa shape index (κ1) is 19.1. The van der Waals surface area contributed by atoms with Gasteiger partial charge in [-0.1, -0.05) is 22.4 Å². The number of carboxylic acid groups (broad SMARTS) is 1. The molecule has 0 aliphatic heterocycles. The second kappa shape index (κ2) is 6.38. The zero-order valence-corrected chi connectivity index (χ0v) is 16.9.